The van der Waals surface area contributed by atoms with Crippen LogP contribution in [0.25, 0.3) is 21.7 Å². The molecule has 3 nitrogen and oxygen atoms in total. The van der Waals surface area contributed by atoms with Gasteiger partial charge in [0, 0.05) is 32.9 Å². The number of nitrogens with two attached hydrogens (primary N) is 1. The van der Waals surface area contributed by atoms with E-state index < -0.39 is 0 Å². The molecule has 0 aliphatic heterocycles. The molecule has 0 aliphatic carbocycles. The molecule has 4 rings (SSSR count). The van der Waals surface area contributed by atoms with E-state index in [-0.39, 0.29) is 5.82 Å². The monoisotopic (exact) mass is 309 g/mol. The molecule has 0 radical (unpaired) electrons. The zero-order valence-corrected chi connectivity index (χ0v) is 12.3. The SMILES string of the molecule is Nc1ccc2c(c1)nc(Nc1ccc(F)cc1)c1cscc12. The van der Waals surface area contributed by atoms with Crippen LogP contribution in [-0.2, 0) is 0 Å². The molecular formula is C17H12FN3S. The maximum absolute atomic E-state index is 13.0. The van der Waals surface area contributed by atoms with Gasteiger partial charge in [0.05, 0.1) is 5.52 Å². The standard InChI is InChI=1S/C17H12FN3S/c18-10-1-4-12(5-2-10)20-17-15-9-22-8-14(15)13-6-3-11(19)7-16(13)21-17/h1-9H,19H2,(H,20,21). The van der Waals surface area contributed by atoms with Crippen LogP contribution in [0.2, 0.25) is 0 Å². The van der Waals surface area contributed by atoms with Crippen LogP contribution in [0.5, 0.6) is 0 Å². The highest BCUT2D eigenvalue weighted by Crippen LogP contribution is 2.34. The molecular weight excluding hydrogens is 297 g/mol. The van der Waals surface area contributed by atoms with Gasteiger partial charge in [-0.05, 0) is 41.8 Å². The van der Waals surface area contributed by atoms with E-state index in [2.05, 4.69) is 21.1 Å². The summed E-state index contributed by atoms with van der Waals surface area (Å²) in [4.78, 5) is 4.68. The third-order valence-corrected chi connectivity index (χ3v) is 4.31. The van der Waals surface area contributed by atoms with Gasteiger partial charge in [-0.25, -0.2) is 9.37 Å². The average molecular weight is 309 g/mol. The Labute approximate surface area is 130 Å². The molecule has 0 bridgehead atoms. The first kappa shape index (κ1) is 13.0. The Morgan fingerprint density at radius 3 is 2.55 bits per heavy atom. The van der Waals surface area contributed by atoms with Gasteiger partial charge in [0.1, 0.15) is 11.6 Å². The van der Waals surface area contributed by atoms with E-state index in [0.717, 1.165) is 33.2 Å². The first-order valence-corrected chi connectivity index (χ1v) is 7.73. The number of nitrogens with zero attached hydrogens (tertiary/aromatic N) is 1. The zero-order chi connectivity index (χ0) is 15.1. The first-order chi connectivity index (χ1) is 10.7. The highest BCUT2D eigenvalue weighted by molar-refractivity contribution is 7.09. The van der Waals surface area contributed by atoms with Crippen LogP contribution in [-0.4, -0.2) is 4.98 Å². The highest BCUT2D eigenvalue weighted by atomic mass is 32.1. The summed E-state index contributed by atoms with van der Waals surface area (Å²) in [6.45, 7) is 0. The van der Waals surface area contributed by atoms with Gasteiger partial charge in [-0.15, -0.1) is 0 Å². The van der Waals surface area contributed by atoms with Crippen molar-refractivity contribution in [2.45, 2.75) is 0 Å². The normalized spacial score (nSPS) is 11.1. The van der Waals surface area contributed by atoms with Crippen molar-refractivity contribution in [1.82, 2.24) is 4.98 Å². The van der Waals surface area contributed by atoms with Gasteiger partial charge >= 0.3 is 0 Å². The molecule has 0 spiro atoms. The van der Waals surface area contributed by atoms with Gasteiger partial charge in [-0.2, -0.15) is 11.3 Å². The van der Waals surface area contributed by atoms with Gasteiger partial charge in [-0.1, -0.05) is 6.07 Å². The highest BCUT2D eigenvalue weighted by Gasteiger charge is 2.10. The molecule has 5 heteroatoms. The molecule has 2 aromatic carbocycles. The molecule has 2 heterocycles. The summed E-state index contributed by atoms with van der Waals surface area (Å²) < 4.78 is 13.0. The number of thiophene rings is 1. The number of nitrogens with one attached hydrogen (secondary N) is 1. The van der Waals surface area contributed by atoms with E-state index in [4.69, 9.17) is 5.73 Å². The number of nitrogen functional groups attached to an aromatic ring is 1. The van der Waals surface area contributed by atoms with E-state index in [1.165, 1.54) is 12.1 Å². The Morgan fingerprint density at radius 2 is 1.73 bits per heavy atom. The molecule has 0 atom stereocenters. The molecule has 4 aromatic rings. The van der Waals surface area contributed by atoms with Crippen LogP contribution in [0.3, 0.4) is 0 Å². The van der Waals surface area contributed by atoms with Crippen LogP contribution < -0.4 is 11.1 Å². The second-order valence-electron chi connectivity index (χ2n) is 5.07. The third-order valence-electron chi connectivity index (χ3n) is 3.57. The zero-order valence-electron chi connectivity index (χ0n) is 11.5. The fourth-order valence-electron chi connectivity index (χ4n) is 2.50. The minimum absolute atomic E-state index is 0.259. The van der Waals surface area contributed by atoms with Crippen molar-refractivity contribution in [2.75, 3.05) is 11.1 Å². The number of halogens is 1. The van der Waals surface area contributed by atoms with Crippen molar-refractivity contribution < 1.29 is 4.39 Å². The Bertz CT molecular complexity index is 976. The number of pyridine rings is 1. The Kier molecular flexibility index (Phi) is 2.94. The summed E-state index contributed by atoms with van der Waals surface area (Å²) >= 11 is 1.63. The Hall–Kier alpha value is -2.66. The molecule has 0 unspecified atom stereocenters. The van der Waals surface area contributed by atoms with Gasteiger partial charge < -0.3 is 11.1 Å². The molecule has 0 saturated heterocycles. The number of rotatable bonds is 2. The van der Waals surface area contributed by atoms with Gasteiger partial charge in [0.2, 0.25) is 0 Å². The second kappa shape index (κ2) is 4.96. The Morgan fingerprint density at radius 1 is 0.955 bits per heavy atom. The second-order valence-corrected chi connectivity index (χ2v) is 5.81. The fourth-order valence-corrected chi connectivity index (χ4v) is 3.34. The maximum atomic E-state index is 13.0. The van der Waals surface area contributed by atoms with Crippen molar-refractivity contribution in [3.63, 3.8) is 0 Å². The number of hydrogen-bond acceptors (Lipinski definition) is 4. The van der Waals surface area contributed by atoms with Crippen molar-refractivity contribution >= 4 is 50.2 Å². The fraction of sp³-hybridized carbons (Fsp3) is 0. The topological polar surface area (TPSA) is 50.9 Å². The minimum atomic E-state index is -0.259. The quantitative estimate of drug-likeness (QED) is 0.517. The predicted molar refractivity (Wildman–Crippen MR) is 91.2 cm³/mol. The molecule has 2 aromatic heterocycles. The van der Waals surface area contributed by atoms with E-state index in [1.807, 2.05) is 18.2 Å². The van der Waals surface area contributed by atoms with Crippen molar-refractivity contribution in [3.05, 3.63) is 59.0 Å². The lowest BCUT2D eigenvalue weighted by Crippen LogP contribution is -1.96. The average Bonchev–Trinajstić information content (AvgIpc) is 2.99. The van der Waals surface area contributed by atoms with Gasteiger partial charge in [0.15, 0.2) is 0 Å². The van der Waals surface area contributed by atoms with Crippen LogP contribution >= 0.6 is 11.3 Å². The molecule has 0 amide bonds. The van der Waals surface area contributed by atoms with E-state index in [1.54, 1.807) is 23.5 Å². The number of anilines is 3. The summed E-state index contributed by atoms with van der Waals surface area (Å²) in [7, 11) is 0. The third kappa shape index (κ3) is 2.16. The van der Waals surface area contributed by atoms with E-state index in [0.29, 0.717) is 5.69 Å². The Balaban J connectivity index is 1.91. The minimum Gasteiger partial charge on any atom is -0.399 e. The van der Waals surface area contributed by atoms with Crippen molar-refractivity contribution in [2.24, 2.45) is 0 Å². The van der Waals surface area contributed by atoms with Gasteiger partial charge in [-0.3, -0.25) is 0 Å². The predicted octanol–water partition coefficient (Wildman–Crippen LogP) is 4.91. The molecule has 0 saturated carbocycles. The van der Waals surface area contributed by atoms with E-state index >= 15 is 0 Å². The van der Waals surface area contributed by atoms with Crippen LogP contribution in [0.1, 0.15) is 0 Å². The number of hydrogen-bond donors (Lipinski definition) is 2. The maximum Gasteiger partial charge on any atom is 0.139 e. The first-order valence-electron chi connectivity index (χ1n) is 6.78. The lowest BCUT2D eigenvalue weighted by molar-refractivity contribution is 0.628. The molecule has 0 fully saturated rings. The number of aromatic nitrogens is 1. The molecule has 22 heavy (non-hydrogen) atoms. The molecule has 3 N–H and O–H groups in total. The molecule has 0 aliphatic rings. The van der Waals surface area contributed by atoms with Gasteiger partial charge in [0.25, 0.3) is 0 Å². The number of benzene rings is 2. The van der Waals surface area contributed by atoms with Crippen LogP contribution in [0.4, 0.5) is 21.6 Å². The largest absolute Gasteiger partial charge is 0.399 e. The summed E-state index contributed by atoms with van der Waals surface area (Å²) in [6.07, 6.45) is 0. The number of fused-ring (bicyclic) bond motifs is 3. The summed E-state index contributed by atoms with van der Waals surface area (Å²) in [5.41, 5.74) is 8.18. The summed E-state index contributed by atoms with van der Waals surface area (Å²) in [5.74, 6) is 0.492. The van der Waals surface area contributed by atoms with Crippen molar-refractivity contribution in [1.29, 1.82) is 0 Å². The summed E-state index contributed by atoms with van der Waals surface area (Å²) in [5, 5.41) is 10.7. The summed E-state index contributed by atoms with van der Waals surface area (Å²) in [6, 6.07) is 12.0. The van der Waals surface area contributed by atoms with Crippen molar-refractivity contribution in [3.8, 4) is 0 Å². The smallest absolute Gasteiger partial charge is 0.139 e. The lowest BCUT2D eigenvalue weighted by atomic mass is 10.1. The van der Waals surface area contributed by atoms with Crippen LogP contribution in [0, 0.1) is 5.82 Å². The lowest BCUT2D eigenvalue weighted by Gasteiger charge is -2.10. The van der Waals surface area contributed by atoms with E-state index in [9.17, 15) is 4.39 Å². The molecule has 108 valence electrons. The van der Waals surface area contributed by atoms with Crippen LogP contribution in [0.15, 0.2) is 53.2 Å².